The third-order valence-corrected chi connectivity index (χ3v) is 9.13. The van der Waals surface area contributed by atoms with E-state index >= 15 is 0 Å². The van der Waals surface area contributed by atoms with E-state index in [-0.39, 0.29) is 23.8 Å². The zero-order chi connectivity index (χ0) is 27.5. The van der Waals surface area contributed by atoms with Crippen LogP contribution in [0.25, 0.3) is 0 Å². The molecule has 6 nitrogen and oxygen atoms in total. The molecule has 0 spiro atoms. The van der Waals surface area contributed by atoms with Gasteiger partial charge in [0.25, 0.3) is 5.91 Å². The molecule has 0 radical (unpaired) electrons. The van der Waals surface area contributed by atoms with Gasteiger partial charge in [-0.1, -0.05) is 66.7 Å². The molecule has 3 aromatic rings. The summed E-state index contributed by atoms with van der Waals surface area (Å²) in [4.78, 5) is 33.8. The molecule has 0 aromatic heterocycles. The molecule has 40 heavy (non-hydrogen) atoms. The molecule has 2 fully saturated rings. The standard InChI is InChI=1S/C34H40N4O2/c1-36-21-23-37(24-22-36)32-14-8-7-13-31(32)33(39)35-26-17-19-38(20-18-26)34(40)30-16-15-27(25-9-3-2-4-10-25)28-11-5-6-12-29(28)30/h2-14,26-27,30H,15-24H2,1H3,(H,35,39)/t27?,30-/m0/s1. The summed E-state index contributed by atoms with van der Waals surface area (Å²) >= 11 is 0. The molecule has 6 rings (SSSR count). The molecule has 2 atom stereocenters. The Morgan fingerprint density at radius 2 is 1.35 bits per heavy atom. The molecule has 6 heteroatoms. The van der Waals surface area contributed by atoms with Gasteiger partial charge in [0.2, 0.25) is 5.91 Å². The Labute approximate surface area is 238 Å². The van der Waals surface area contributed by atoms with Crippen molar-refractivity contribution in [1.82, 2.24) is 15.1 Å². The molecule has 2 saturated heterocycles. The Bertz CT molecular complexity index is 1330. The van der Waals surface area contributed by atoms with Crippen LogP contribution in [0.3, 0.4) is 0 Å². The third-order valence-electron chi connectivity index (χ3n) is 9.13. The van der Waals surface area contributed by atoms with E-state index in [9.17, 15) is 9.59 Å². The molecule has 2 aliphatic heterocycles. The SMILES string of the molecule is CN1CCN(c2ccccc2C(=O)NC2CCN(C(=O)[C@H]3CCC(c4ccccc4)c4ccccc43)CC2)CC1. The fraction of sp³-hybridized carbons (Fsp3) is 0.412. The highest BCUT2D eigenvalue weighted by Crippen LogP contribution is 2.43. The van der Waals surface area contributed by atoms with Crippen molar-refractivity contribution in [2.75, 3.05) is 51.2 Å². The van der Waals surface area contributed by atoms with Gasteiger partial charge in [0.05, 0.1) is 11.5 Å². The van der Waals surface area contributed by atoms with Gasteiger partial charge < -0.3 is 20.0 Å². The Morgan fingerprint density at radius 1 is 0.700 bits per heavy atom. The number of nitrogens with one attached hydrogen (secondary N) is 1. The van der Waals surface area contributed by atoms with E-state index in [0.717, 1.165) is 63.1 Å². The molecule has 1 N–H and O–H groups in total. The van der Waals surface area contributed by atoms with Crippen LogP contribution in [0.5, 0.6) is 0 Å². The molecular weight excluding hydrogens is 496 g/mol. The number of carbonyl (C=O) groups excluding carboxylic acids is 2. The number of hydrogen-bond donors (Lipinski definition) is 1. The van der Waals surface area contributed by atoms with Gasteiger partial charge >= 0.3 is 0 Å². The molecule has 2 heterocycles. The van der Waals surface area contributed by atoms with E-state index in [4.69, 9.17) is 0 Å². The quantitative estimate of drug-likeness (QED) is 0.506. The monoisotopic (exact) mass is 536 g/mol. The minimum absolute atomic E-state index is 0.00698. The van der Waals surface area contributed by atoms with Gasteiger partial charge in [-0.25, -0.2) is 0 Å². The number of piperidine rings is 1. The number of piperazine rings is 1. The lowest BCUT2D eigenvalue weighted by atomic mass is 9.73. The predicted octanol–water partition coefficient (Wildman–Crippen LogP) is 4.87. The van der Waals surface area contributed by atoms with Gasteiger partial charge in [0, 0.05) is 56.9 Å². The third kappa shape index (κ3) is 5.50. The number of nitrogens with zero attached hydrogens (tertiary/aromatic N) is 3. The molecule has 0 bridgehead atoms. The second kappa shape index (κ2) is 11.8. The second-order valence-corrected chi connectivity index (χ2v) is 11.6. The van der Waals surface area contributed by atoms with Crippen LogP contribution in [0.4, 0.5) is 5.69 Å². The van der Waals surface area contributed by atoms with Crippen LogP contribution < -0.4 is 10.2 Å². The average molecular weight is 537 g/mol. The summed E-state index contributed by atoms with van der Waals surface area (Å²) < 4.78 is 0. The molecular formula is C34H40N4O2. The minimum atomic E-state index is -0.0854. The number of anilines is 1. The lowest BCUT2D eigenvalue weighted by molar-refractivity contribution is -0.134. The zero-order valence-corrected chi connectivity index (χ0v) is 23.5. The number of carbonyl (C=O) groups is 2. The van der Waals surface area contributed by atoms with E-state index in [2.05, 4.69) is 82.8 Å². The molecule has 3 aromatic carbocycles. The van der Waals surface area contributed by atoms with Crippen LogP contribution in [0.15, 0.2) is 78.9 Å². The minimum Gasteiger partial charge on any atom is -0.368 e. The fourth-order valence-electron chi connectivity index (χ4n) is 6.79. The van der Waals surface area contributed by atoms with Crippen molar-refractivity contribution in [2.24, 2.45) is 0 Å². The van der Waals surface area contributed by atoms with E-state index in [1.165, 1.54) is 16.7 Å². The van der Waals surface area contributed by atoms with Crippen LogP contribution in [0, 0.1) is 0 Å². The van der Waals surface area contributed by atoms with Crippen LogP contribution in [0.2, 0.25) is 0 Å². The Kier molecular flexibility index (Phi) is 7.87. The Morgan fingerprint density at radius 3 is 2.10 bits per heavy atom. The summed E-state index contributed by atoms with van der Waals surface area (Å²) in [7, 11) is 2.14. The topological polar surface area (TPSA) is 55.9 Å². The average Bonchev–Trinajstić information content (AvgIpc) is 3.01. The van der Waals surface area contributed by atoms with Crippen LogP contribution >= 0.6 is 0 Å². The van der Waals surface area contributed by atoms with Gasteiger partial charge in [0.15, 0.2) is 0 Å². The lowest BCUT2D eigenvalue weighted by Crippen LogP contribution is -2.48. The molecule has 1 aliphatic carbocycles. The summed E-state index contributed by atoms with van der Waals surface area (Å²) in [6.45, 7) is 5.23. The van der Waals surface area contributed by atoms with Crippen LogP contribution in [0.1, 0.15) is 64.6 Å². The normalized spacial score (nSPS) is 22.0. The van der Waals surface area contributed by atoms with E-state index in [0.29, 0.717) is 19.0 Å². The number of likely N-dealkylation sites (tertiary alicyclic amines) is 1. The lowest BCUT2D eigenvalue weighted by Gasteiger charge is -2.38. The van der Waals surface area contributed by atoms with Crippen molar-refractivity contribution in [2.45, 2.75) is 43.6 Å². The first kappa shape index (κ1) is 26.6. The van der Waals surface area contributed by atoms with Crippen molar-refractivity contribution >= 4 is 17.5 Å². The van der Waals surface area contributed by atoms with Crippen LogP contribution in [-0.4, -0.2) is 74.0 Å². The second-order valence-electron chi connectivity index (χ2n) is 11.6. The van der Waals surface area contributed by atoms with Gasteiger partial charge in [-0.3, -0.25) is 9.59 Å². The first-order valence-corrected chi connectivity index (χ1v) is 14.8. The maximum absolute atomic E-state index is 13.8. The van der Waals surface area contributed by atoms with Crippen molar-refractivity contribution in [3.8, 4) is 0 Å². The van der Waals surface area contributed by atoms with Gasteiger partial charge in [-0.15, -0.1) is 0 Å². The van der Waals surface area contributed by atoms with Gasteiger partial charge in [-0.2, -0.15) is 0 Å². The number of likely N-dealkylation sites (N-methyl/N-ethyl adjacent to an activating group) is 1. The highest BCUT2D eigenvalue weighted by Gasteiger charge is 2.35. The number of fused-ring (bicyclic) bond motifs is 1. The van der Waals surface area contributed by atoms with Crippen molar-refractivity contribution < 1.29 is 9.59 Å². The largest absolute Gasteiger partial charge is 0.368 e. The maximum atomic E-state index is 13.8. The van der Waals surface area contributed by atoms with Crippen LogP contribution in [-0.2, 0) is 4.79 Å². The summed E-state index contributed by atoms with van der Waals surface area (Å²) in [6, 6.07) is 27.2. The number of rotatable bonds is 5. The molecule has 0 saturated carbocycles. The van der Waals surface area contributed by atoms with E-state index < -0.39 is 0 Å². The summed E-state index contributed by atoms with van der Waals surface area (Å²) in [5, 5.41) is 3.29. The maximum Gasteiger partial charge on any atom is 0.253 e. The van der Waals surface area contributed by atoms with Crippen molar-refractivity contribution in [3.63, 3.8) is 0 Å². The predicted molar refractivity (Wildman–Crippen MR) is 160 cm³/mol. The Balaban J connectivity index is 1.08. The van der Waals surface area contributed by atoms with E-state index in [1.807, 2.05) is 23.1 Å². The first-order chi connectivity index (χ1) is 19.6. The van der Waals surface area contributed by atoms with Crippen molar-refractivity contribution in [1.29, 1.82) is 0 Å². The van der Waals surface area contributed by atoms with Crippen molar-refractivity contribution in [3.05, 3.63) is 101 Å². The highest BCUT2D eigenvalue weighted by molar-refractivity contribution is 6.00. The molecule has 1 unspecified atom stereocenters. The number of benzene rings is 3. The summed E-state index contributed by atoms with van der Waals surface area (Å²) in [6.07, 6.45) is 3.43. The number of para-hydroxylation sites is 1. The highest BCUT2D eigenvalue weighted by atomic mass is 16.2. The summed E-state index contributed by atoms with van der Waals surface area (Å²) in [5.41, 5.74) is 5.57. The smallest absolute Gasteiger partial charge is 0.253 e. The molecule has 3 aliphatic rings. The Hall–Kier alpha value is -3.64. The molecule has 2 amide bonds. The number of amides is 2. The van der Waals surface area contributed by atoms with Gasteiger partial charge in [0.1, 0.15) is 0 Å². The zero-order valence-electron chi connectivity index (χ0n) is 23.5. The summed E-state index contributed by atoms with van der Waals surface area (Å²) in [5.74, 6) is 0.491. The fourth-order valence-corrected chi connectivity index (χ4v) is 6.79. The van der Waals surface area contributed by atoms with Gasteiger partial charge in [-0.05, 0) is 61.6 Å². The van der Waals surface area contributed by atoms with E-state index in [1.54, 1.807) is 0 Å². The first-order valence-electron chi connectivity index (χ1n) is 14.8. The molecule has 208 valence electrons. The number of hydrogen-bond acceptors (Lipinski definition) is 4.